The molecule has 4 aromatic rings. The molecule has 9 heteroatoms. The van der Waals surface area contributed by atoms with Crippen molar-refractivity contribution in [1.29, 1.82) is 0 Å². The van der Waals surface area contributed by atoms with Crippen molar-refractivity contribution in [1.82, 2.24) is 4.98 Å². The smallest absolute Gasteiger partial charge is 0.261 e. The SMILES string of the molecule is O=C(Nc1ccc2oc(C3CC3)nc2c1)c1ccc(S(=O)(=O)Nc2ccc(F)cc2)cc1. The van der Waals surface area contributed by atoms with Crippen LogP contribution in [0.2, 0.25) is 0 Å². The molecule has 0 unspecified atom stereocenters. The standard InChI is InChI=1S/C23H18FN3O4S/c24-16-5-7-17(8-6-16)27-32(29,30)19-10-3-14(4-11-19)22(28)25-18-9-12-21-20(13-18)26-23(31-21)15-1-2-15/h3-13,15,27H,1-2H2,(H,25,28). The maximum absolute atomic E-state index is 13.0. The molecule has 0 aliphatic heterocycles. The van der Waals surface area contributed by atoms with E-state index in [1.807, 2.05) is 0 Å². The Bertz CT molecular complexity index is 1410. The summed E-state index contributed by atoms with van der Waals surface area (Å²) >= 11 is 0. The molecular weight excluding hydrogens is 433 g/mol. The molecule has 162 valence electrons. The minimum atomic E-state index is -3.87. The number of carbonyl (C=O) groups is 1. The van der Waals surface area contributed by atoms with Crippen LogP contribution in [0.3, 0.4) is 0 Å². The lowest BCUT2D eigenvalue weighted by atomic mass is 10.2. The summed E-state index contributed by atoms with van der Waals surface area (Å²) in [5.41, 5.74) is 2.45. The Hall–Kier alpha value is -3.72. The van der Waals surface area contributed by atoms with Crippen molar-refractivity contribution < 1.29 is 22.0 Å². The van der Waals surface area contributed by atoms with E-state index in [0.717, 1.165) is 30.9 Å². The van der Waals surface area contributed by atoms with E-state index in [1.54, 1.807) is 18.2 Å². The third-order valence-corrected chi connectivity index (χ3v) is 6.51. The van der Waals surface area contributed by atoms with Gasteiger partial charge in [0.05, 0.1) is 4.90 Å². The fourth-order valence-corrected chi connectivity index (χ4v) is 4.31. The van der Waals surface area contributed by atoms with Crippen LogP contribution in [0.15, 0.2) is 76.0 Å². The predicted molar refractivity (Wildman–Crippen MR) is 118 cm³/mol. The van der Waals surface area contributed by atoms with E-state index in [4.69, 9.17) is 4.42 Å². The van der Waals surface area contributed by atoms with Gasteiger partial charge >= 0.3 is 0 Å². The average Bonchev–Trinajstić information content (AvgIpc) is 3.54. The summed E-state index contributed by atoms with van der Waals surface area (Å²) in [6.45, 7) is 0. The van der Waals surface area contributed by atoms with E-state index in [-0.39, 0.29) is 16.5 Å². The predicted octanol–water partition coefficient (Wildman–Crippen LogP) is 4.90. The van der Waals surface area contributed by atoms with Crippen molar-refractivity contribution in [2.24, 2.45) is 0 Å². The van der Waals surface area contributed by atoms with Gasteiger partial charge in [-0.25, -0.2) is 17.8 Å². The van der Waals surface area contributed by atoms with Gasteiger partial charge in [0.25, 0.3) is 15.9 Å². The number of sulfonamides is 1. The molecular formula is C23H18FN3O4S. The van der Waals surface area contributed by atoms with Crippen LogP contribution in [-0.2, 0) is 10.0 Å². The first-order valence-corrected chi connectivity index (χ1v) is 11.5. The topological polar surface area (TPSA) is 101 Å². The Morgan fingerprint density at radius 2 is 1.66 bits per heavy atom. The average molecular weight is 451 g/mol. The largest absolute Gasteiger partial charge is 0.440 e. The molecule has 0 saturated heterocycles. The number of hydrogen-bond acceptors (Lipinski definition) is 5. The highest BCUT2D eigenvalue weighted by Crippen LogP contribution is 2.40. The highest BCUT2D eigenvalue weighted by atomic mass is 32.2. The second kappa shape index (κ2) is 7.76. The Morgan fingerprint density at radius 1 is 0.969 bits per heavy atom. The quantitative estimate of drug-likeness (QED) is 0.434. The molecule has 3 aromatic carbocycles. The summed E-state index contributed by atoms with van der Waals surface area (Å²) in [5.74, 6) is 0.280. The lowest BCUT2D eigenvalue weighted by molar-refractivity contribution is 0.102. The summed E-state index contributed by atoms with van der Waals surface area (Å²) in [6, 6.07) is 15.7. The zero-order chi connectivity index (χ0) is 22.3. The number of aromatic nitrogens is 1. The number of rotatable bonds is 6. The van der Waals surface area contributed by atoms with E-state index in [0.29, 0.717) is 28.3 Å². The number of nitrogens with one attached hydrogen (secondary N) is 2. The molecule has 1 amide bonds. The molecule has 0 radical (unpaired) electrons. The number of nitrogens with zero attached hydrogens (tertiary/aromatic N) is 1. The van der Waals surface area contributed by atoms with Gasteiger partial charge in [-0.1, -0.05) is 0 Å². The maximum atomic E-state index is 13.0. The van der Waals surface area contributed by atoms with Gasteiger partial charge < -0.3 is 9.73 Å². The number of carbonyl (C=O) groups excluding carboxylic acids is 1. The van der Waals surface area contributed by atoms with Crippen LogP contribution in [-0.4, -0.2) is 19.3 Å². The molecule has 1 fully saturated rings. The number of amides is 1. The van der Waals surface area contributed by atoms with Gasteiger partial charge in [-0.3, -0.25) is 9.52 Å². The number of oxazole rings is 1. The fourth-order valence-electron chi connectivity index (χ4n) is 3.25. The monoisotopic (exact) mass is 451 g/mol. The molecule has 1 aromatic heterocycles. The Labute approximate surface area is 183 Å². The summed E-state index contributed by atoms with van der Waals surface area (Å²) < 4.78 is 46.1. The Kier molecular flexibility index (Phi) is 4.90. The van der Waals surface area contributed by atoms with Crippen LogP contribution in [0.5, 0.6) is 0 Å². The first kappa shape index (κ1) is 20.2. The summed E-state index contributed by atoms with van der Waals surface area (Å²) in [5, 5.41) is 2.79. The van der Waals surface area contributed by atoms with Crippen molar-refractivity contribution in [3.63, 3.8) is 0 Å². The third-order valence-electron chi connectivity index (χ3n) is 5.11. The van der Waals surface area contributed by atoms with Crippen LogP contribution in [0.25, 0.3) is 11.1 Å². The third kappa shape index (κ3) is 4.19. The molecule has 5 rings (SSSR count). The van der Waals surface area contributed by atoms with Gasteiger partial charge in [0.2, 0.25) is 0 Å². The molecule has 1 aliphatic carbocycles. The molecule has 32 heavy (non-hydrogen) atoms. The van der Waals surface area contributed by atoms with Gasteiger partial charge in [-0.05, 0) is 79.6 Å². The lowest BCUT2D eigenvalue weighted by Crippen LogP contribution is -2.14. The molecule has 1 saturated carbocycles. The van der Waals surface area contributed by atoms with Gasteiger partial charge in [0, 0.05) is 22.9 Å². The van der Waals surface area contributed by atoms with Crippen molar-refractivity contribution in [2.75, 3.05) is 10.0 Å². The molecule has 2 N–H and O–H groups in total. The van der Waals surface area contributed by atoms with Crippen molar-refractivity contribution in [2.45, 2.75) is 23.7 Å². The van der Waals surface area contributed by atoms with E-state index < -0.39 is 15.8 Å². The fraction of sp³-hybridized carbons (Fsp3) is 0.130. The second-order valence-corrected chi connectivity index (χ2v) is 9.28. The van der Waals surface area contributed by atoms with E-state index in [9.17, 15) is 17.6 Å². The zero-order valence-electron chi connectivity index (χ0n) is 16.7. The first-order chi connectivity index (χ1) is 15.4. The van der Waals surface area contributed by atoms with Crippen LogP contribution >= 0.6 is 0 Å². The highest BCUT2D eigenvalue weighted by Gasteiger charge is 2.29. The Morgan fingerprint density at radius 3 is 2.34 bits per heavy atom. The van der Waals surface area contributed by atoms with Gasteiger partial charge in [-0.2, -0.15) is 0 Å². The van der Waals surface area contributed by atoms with Gasteiger partial charge in [0.1, 0.15) is 11.3 Å². The van der Waals surface area contributed by atoms with E-state index >= 15 is 0 Å². The van der Waals surface area contributed by atoms with Crippen molar-refractivity contribution in [3.8, 4) is 0 Å². The molecule has 0 bridgehead atoms. The van der Waals surface area contributed by atoms with Gasteiger partial charge in [-0.15, -0.1) is 0 Å². The molecule has 0 atom stereocenters. The van der Waals surface area contributed by atoms with E-state index in [1.165, 1.54) is 36.4 Å². The normalized spacial score (nSPS) is 13.8. The van der Waals surface area contributed by atoms with Crippen molar-refractivity contribution >= 4 is 38.4 Å². The van der Waals surface area contributed by atoms with Crippen molar-refractivity contribution in [3.05, 3.63) is 84.0 Å². The minimum Gasteiger partial charge on any atom is -0.440 e. The van der Waals surface area contributed by atoms with Crippen LogP contribution in [0.1, 0.15) is 35.0 Å². The summed E-state index contributed by atoms with van der Waals surface area (Å²) in [7, 11) is -3.87. The second-order valence-electron chi connectivity index (χ2n) is 7.60. The maximum Gasteiger partial charge on any atom is 0.261 e. The van der Waals surface area contributed by atoms with Crippen LogP contribution in [0, 0.1) is 5.82 Å². The summed E-state index contributed by atoms with van der Waals surface area (Å²) in [4.78, 5) is 17.1. The zero-order valence-corrected chi connectivity index (χ0v) is 17.5. The highest BCUT2D eigenvalue weighted by molar-refractivity contribution is 7.92. The Balaban J connectivity index is 1.29. The first-order valence-electron chi connectivity index (χ1n) is 9.98. The van der Waals surface area contributed by atoms with Crippen LogP contribution < -0.4 is 10.0 Å². The molecule has 1 heterocycles. The number of hydrogen-bond donors (Lipinski definition) is 2. The molecule has 1 aliphatic rings. The van der Waals surface area contributed by atoms with E-state index in [2.05, 4.69) is 15.0 Å². The lowest BCUT2D eigenvalue weighted by Gasteiger charge is -2.09. The number of anilines is 2. The van der Waals surface area contributed by atoms with Crippen LogP contribution in [0.4, 0.5) is 15.8 Å². The van der Waals surface area contributed by atoms with Gasteiger partial charge in [0.15, 0.2) is 11.5 Å². The number of fused-ring (bicyclic) bond motifs is 1. The minimum absolute atomic E-state index is 0.0185. The number of benzene rings is 3. The molecule has 7 nitrogen and oxygen atoms in total. The summed E-state index contributed by atoms with van der Waals surface area (Å²) in [6.07, 6.45) is 2.17. The number of halogens is 1. The molecule has 0 spiro atoms.